The van der Waals surface area contributed by atoms with Crippen molar-refractivity contribution in [1.82, 2.24) is 5.32 Å². The zero-order valence-corrected chi connectivity index (χ0v) is 12.5. The molecule has 4 nitrogen and oxygen atoms in total. The molecule has 6 heteroatoms. The van der Waals surface area contributed by atoms with Gasteiger partial charge in [-0.05, 0) is 53.9 Å². The highest BCUT2D eigenvalue weighted by atomic mass is 79.9. The zero-order valence-electron chi connectivity index (χ0n) is 11.0. The number of aliphatic carboxylic acids is 1. The summed E-state index contributed by atoms with van der Waals surface area (Å²) < 4.78 is 13.4. The second-order valence-corrected chi connectivity index (χ2v) is 6.12. The van der Waals surface area contributed by atoms with Crippen LogP contribution in [0.4, 0.5) is 4.39 Å². The normalized spacial score (nSPS) is 25.4. The first-order chi connectivity index (χ1) is 9.34. The fourth-order valence-electron chi connectivity index (χ4n) is 2.56. The van der Waals surface area contributed by atoms with E-state index in [0.29, 0.717) is 22.9 Å². The van der Waals surface area contributed by atoms with Gasteiger partial charge in [0, 0.05) is 10.5 Å². The molecule has 1 aromatic carbocycles. The van der Waals surface area contributed by atoms with E-state index in [1.54, 1.807) is 6.92 Å². The number of rotatable bonds is 3. The van der Waals surface area contributed by atoms with Gasteiger partial charge in [-0.3, -0.25) is 9.59 Å². The number of hydrogen-bond acceptors (Lipinski definition) is 2. The molecule has 20 heavy (non-hydrogen) atoms. The van der Waals surface area contributed by atoms with E-state index in [9.17, 15) is 19.1 Å². The van der Waals surface area contributed by atoms with Crippen LogP contribution in [0.5, 0.6) is 0 Å². The van der Waals surface area contributed by atoms with Gasteiger partial charge in [-0.2, -0.15) is 0 Å². The number of carbonyl (C=O) groups is 2. The van der Waals surface area contributed by atoms with Crippen LogP contribution in [0.15, 0.2) is 22.7 Å². The van der Waals surface area contributed by atoms with E-state index in [2.05, 4.69) is 21.2 Å². The van der Waals surface area contributed by atoms with Crippen molar-refractivity contribution in [2.45, 2.75) is 32.2 Å². The molecule has 2 rings (SSSR count). The summed E-state index contributed by atoms with van der Waals surface area (Å²) in [7, 11) is 0. The fraction of sp³-hybridized carbons (Fsp3) is 0.429. The maximum Gasteiger partial charge on any atom is 0.311 e. The second-order valence-electron chi connectivity index (χ2n) is 5.27. The van der Waals surface area contributed by atoms with E-state index in [-0.39, 0.29) is 0 Å². The summed E-state index contributed by atoms with van der Waals surface area (Å²) in [6.45, 7) is 1.65. The van der Waals surface area contributed by atoms with Gasteiger partial charge in [0.05, 0.1) is 11.0 Å². The average molecular weight is 344 g/mol. The van der Waals surface area contributed by atoms with E-state index < -0.39 is 29.2 Å². The van der Waals surface area contributed by atoms with Crippen LogP contribution in [0.3, 0.4) is 0 Å². The third-order valence-corrected chi connectivity index (χ3v) is 4.58. The molecule has 1 aliphatic rings. The number of nitrogens with one attached hydrogen (secondary N) is 1. The first kappa shape index (κ1) is 15.0. The van der Waals surface area contributed by atoms with Gasteiger partial charge in [0.25, 0.3) is 5.91 Å². The van der Waals surface area contributed by atoms with E-state index >= 15 is 0 Å². The third kappa shape index (κ3) is 2.70. The van der Waals surface area contributed by atoms with Crippen molar-refractivity contribution in [2.24, 2.45) is 5.41 Å². The standard InChI is InChI=1S/C14H15BrFNO3/c1-14(13(19)20)6-2-3-11(14)17-12(18)9-5-4-8(16)7-10(9)15/h4-5,7,11H,2-3,6H2,1H3,(H,17,18)(H,19,20). The molecule has 0 bridgehead atoms. The second kappa shape index (κ2) is 5.52. The summed E-state index contributed by atoms with van der Waals surface area (Å²) in [6.07, 6.45) is 1.93. The summed E-state index contributed by atoms with van der Waals surface area (Å²) in [6, 6.07) is 3.37. The molecule has 0 radical (unpaired) electrons. The Bertz CT molecular complexity index is 563. The lowest BCUT2D eigenvalue weighted by molar-refractivity contribution is -0.148. The summed E-state index contributed by atoms with van der Waals surface area (Å²) in [5.74, 6) is -1.74. The minimum absolute atomic E-state index is 0.297. The van der Waals surface area contributed by atoms with E-state index in [1.807, 2.05) is 0 Å². The van der Waals surface area contributed by atoms with Gasteiger partial charge in [0.2, 0.25) is 0 Å². The van der Waals surface area contributed by atoms with Crippen molar-refractivity contribution in [2.75, 3.05) is 0 Å². The molecule has 1 amide bonds. The number of amides is 1. The number of carbonyl (C=O) groups excluding carboxylic acids is 1. The lowest BCUT2D eigenvalue weighted by Crippen LogP contribution is -2.47. The Labute approximate surface area is 124 Å². The maximum absolute atomic E-state index is 13.0. The topological polar surface area (TPSA) is 66.4 Å². The van der Waals surface area contributed by atoms with Crippen LogP contribution >= 0.6 is 15.9 Å². The van der Waals surface area contributed by atoms with Crippen molar-refractivity contribution in [1.29, 1.82) is 0 Å². The van der Waals surface area contributed by atoms with Crippen LogP contribution in [0, 0.1) is 11.2 Å². The Morgan fingerprint density at radius 1 is 1.50 bits per heavy atom. The SMILES string of the molecule is CC1(C(=O)O)CCCC1NC(=O)c1ccc(F)cc1Br. The molecule has 0 spiro atoms. The van der Waals surface area contributed by atoms with Crippen LogP contribution in [-0.4, -0.2) is 23.0 Å². The van der Waals surface area contributed by atoms with Crippen molar-refractivity contribution >= 4 is 27.8 Å². The molecule has 0 aliphatic heterocycles. The van der Waals surface area contributed by atoms with Gasteiger partial charge in [-0.15, -0.1) is 0 Å². The van der Waals surface area contributed by atoms with Gasteiger partial charge >= 0.3 is 5.97 Å². The van der Waals surface area contributed by atoms with E-state index in [1.165, 1.54) is 18.2 Å². The lowest BCUT2D eigenvalue weighted by atomic mass is 9.85. The highest BCUT2D eigenvalue weighted by molar-refractivity contribution is 9.10. The maximum atomic E-state index is 13.0. The lowest BCUT2D eigenvalue weighted by Gasteiger charge is -2.27. The predicted molar refractivity (Wildman–Crippen MR) is 74.9 cm³/mol. The van der Waals surface area contributed by atoms with Crippen molar-refractivity contribution < 1.29 is 19.1 Å². The number of carboxylic acid groups (broad SMARTS) is 1. The van der Waals surface area contributed by atoms with Gasteiger partial charge < -0.3 is 10.4 Å². The molecule has 1 aromatic rings. The van der Waals surface area contributed by atoms with Crippen LogP contribution < -0.4 is 5.32 Å². The monoisotopic (exact) mass is 343 g/mol. The minimum atomic E-state index is -0.942. The van der Waals surface area contributed by atoms with Gasteiger partial charge in [0.15, 0.2) is 0 Å². The molecular formula is C14H15BrFNO3. The first-order valence-electron chi connectivity index (χ1n) is 6.34. The van der Waals surface area contributed by atoms with Gasteiger partial charge in [-0.1, -0.05) is 6.42 Å². The smallest absolute Gasteiger partial charge is 0.311 e. The molecule has 1 saturated carbocycles. The van der Waals surface area contributed by atoms with Crippen LogP contribution in [-0.2, 0) is 4.79 Å². The summed E-state index contributed by atoms with van der Waals surface area (Å²) in [4.78, 5) is 23.5. The fourth-order valence-corrected chi connectivity index (χ4v) is 3.09. The predicted octanol–water partition coefficient (Wildman–Crippen LogP) is 2.96. The summed E-state index contributed by atoms with van der Waals surface area (Å²) in [5, 5.41) is 12.1. The van der Waals surface area contributed by atoms with Crippen LogP contribution in [0.2, 0.25) is 0 Å². The number of halogens is 2. The number of carboxylic acids is 1. The van der Waals surface area contributed by atoms with Crippen molar-refractivity contribution in [3.8, 4) is 0 Å². The molecule has 108 valence electrons. The van der Waals surface area contributed by atoms with Gasteiger partial charge in [-0.25, -0.2) is 4.39 Å². The molecular weight excluding hydrogens is 329 g/mol. The van der Waals surface area contributed by atoms with E-state index in [0.717, 1.165) is 6.42 Å². The Hall–Kier alpha value is -1.43. The first-order valence-corrected chi connectivity index (χ1v) is 7.13. The molecule has 1 aliphatic carbocycles. The Balaban J connectivity index is 2.17. The molecule has 2 atom stereocenters. The van der Waals surface area contributed by atoms with Crippen molar-refractivity contribution in [3.63, 3.8) is 0 Å². The number of hydrogen-bond donors (Lipinski definition) is 2. The largest absolute Gasteiger partial charge is 0.481 e. The minimum Gasteiger partial charge on any atom is -0.481 e. The molecule has 0 heterocycles. The highest BCUT2D eigenvalue weighted by Crippen LogP contribution is 2.38. The Kier molecular flexibility index (Phi) is 4.13. The Morgan fingerprint density at radius 3 is 2.80 bits per heavy atom. The molecule has 1 fully saturated rings. The number of benzene rings is 1. The molecule has 0 aromatic heterocycles. The highest BCUT2D eigenvalue weighted by Gasteiger charge is 2.46. The van der Waals surface area contributed by atoms with Crippen molar-refractivity contribution in [3.05, 3.63) is 34.1 Å². The molecule has 0 saturated heterocycles. The average Bonchev–Trinajstić information content (AvgIpc) is 2.72. The molecule has 2 unspecified atom stereocenters. The van der Waals surface area contributed by atoms with Gasteiger partial charge in [0.1, 0.15) is 5.82 Å². The summed E-state index contributed by atoms with van der Waals surface area (Å²) >= 11 is 3.14. The zero-order chi connectivity index (χ0) is 14.9. The van der Waals surface area contributed by atoms with E-state index in [4.69, 9.17) is 0 Å². The van der Waals surface area contributed by atoms with Crippen LogP contribution in [0.25, 0.3) is 0 Å². The summed E-state index contributed by atoms with van der Waals surface area (Å²) in [5.41, 5.74) is -0.645. The quantitative estimate of drug-likeness (QED) is 0.886. The van der Waals surface area contributed by atoms with Crippen LogP contribution in [0.1, 0.15) is 36.5 Å². The Morgan fingerprint density at radius 2 is 2.20 bits per heavy atom. The molecule has 2 N–H and O–H groups in total. The third-order valence-electron chi connectivity index (χ3n) is 3.93.